The zero-order chi connectivity index (χ0) is 18.7. The molecule has 0 radical (unpaired) electrons. The highest BCUT2D eigenvalue weighted by atomic mass is 35.5. The first-order valence-corrected chi connectivity index (χ1v) is 8.98. The molecule has 26 heavy (non-hydrogen) atoms. The summed E-state index contributed by atoms with van der Waals surface area (Å²) in [6.45, 7) is 0. The third-order valence-electron chi connectivity index (χ3n) is 3.19. The zero-order valence-electron chi connectivity index (χ0n) is 13.0. The highest BCUT2D eigenvalue weighted by Gasteiger charge is 2.14. The van der Waals surface area contributed by atoms with Crippen molar-refractivity contribution >= 4 is 46.6 Å². The largest absolute Gasteiger partial charge is 0.348 e. The second-order valence-corrected chi connectivity index (χ2v) is 6.94. The predicted octanol–water partition coefficient (Wildman–Crippen LogP) is 3.74. The lowest BCUT2D eigenvalue weighted by Gasteiger charge is -2.07. The molecule has 3 rings (SSSR count). The number of rotatable bonds is 5. The Kier molecular flexibility index (Phi) is 5.65. The SMILES string of the molecule is O=C(CSc1n[nH]c(=O)n1-c1cccc(F)c1)Nc1cc(Cl)cc(Cl)c1. The number of benzene rings is 2. The maximum Gasteiger partial charge on any atom is 0.348 e. The van der Waals surface area contributed by atoms with E-state index in [1.807, 2.05) is 0 Å². The number of carbonyl (C=O) groups excluding carboxylic acids is 1. The first-order chi connectivity index (χ1) is 12.4. The lowest BCUT2D eigenvalue weighted by Crippen LogP contribution is -2.17. The van der Waals surface area contributed by atoms with Gasteiger partial charge in [0.25, 0.3) is 0 Å². The van der Waals surface area contributed by atoms with E-state index in [-0.39, 0.29) is 16.8 Å². The van der Waals surface area contributed by atoms with Crippen molar-refractivity contribution in [2.24, 2.45) is 0 Å². The maximum atomic E-state index is 13.4. The Morgan fingerprint density at radius 3 is 2.65 bits per heavy atom. The number of aromatic nitrogens is 3. The van der Waals surface area contributed by atoms with Crippen LogP contribution in [-0.2, 0) is 4.79 Å². The Morgan fingerprint density at radius 2 is 1.96 bits per heavy atom. The van der Waals surface area contributed by atoms with E-state index in [1.54, 1.807) is 24.3 Å². The quantitative estimate of drug-likeness (QED) is 0.625. The molecule has 3 aromatic rings. The fourth-order valence-corrected chi connectivity index (χ4v) is 3.46. The van der Waals surface area contributed by atoms with Crippen LogP contribution in [0, 0.1) is 5.82 Å². The molecule has 0 unspecified atom stereocenters. The maximum absolute atomic E-state index is 13.4. The molecule has 0 saturated carbocycles. The van der Waals surface area contributed by atoms with Gasteiger partial charge in [-0.05, 0) is 36.4 Å². The minimum Gasteiger partial charge on any atom is -0.325 e. The van der Waals surface area contributed by atoms with Gasteiger partial charge in [-0.25, -0.2) is 18.9 Å². The van der Waals surface area contributed by atoms with Crippen LogP contribution in [0.3, 0.4) is 0 Å². The van der Waals surface area contributed by atoms with Crippen LogP contribution in [0.4, 0.5) is 10.1 Å². The van der Waals surface area contributed by atoms with Crippen LogP contribution < -0.4 is 11.0 Å². The number of thioether (sulfide) groups is 1. The van der Waals surface area contributed by atoms with E-state index in [1.165, 1.54) is 22.8 Å². The van der Waals surface area contributed by atoms with Crippen molar-refractivity contribution in [3.8, 4) is 5.69 Å². The minimum atomic E-state index is -0.528. The van der Waals surface area contributed by atoms with Gasteiger partial charge in [0.05, 0.1) is 11.4 Å². The van der Waals surface area contributed by atoms with Gasteiger partial charge in [-0.1, -0.05) is 41.0 Å². The molecule has 0 atom stereocenters. The van der Waals surface area contributed by atoms with Crippen LogP contribution in [0.2, 0.25) is 10.0 Å². The molecule has 10 heteroatoms. The van der Waals surface area contributed by atoms with Gasteiger partial charge in [0, 0.05) is 15.7 Å². The molecule has 0 spiro atoms. The van der Waals surface area contributed by atoms with Crippen LogP contribution in [0.1, 0.15) is 0 Å². The molecule has 0 aliphatic heterocycles. The summed E-state index contributed by atoms with van der Waals surface area (Å²) >= 11 is 12.8. The number of halogens is 3. The summed E-state index contributed by atoms with van der Waals surface area (Å²) in [6.07, 6.45) is 0. The highest BCUT2D eigenvalue weighted by molar-refractivity contribution is 7.99. The van der Waals surface area contributed by atoms with Gasteiger partial charge >= 0.3 is 5.69 Å². The van der Waals surface area contributed by atoms with E-state index >= 15 is 0 Å². The third-order valence-corrected chi connectivity index (χ3v) is 4.56. The van der Waals surface area contributed by atoms with E-state index in [2.05, 4.69) is 15.5 Å². The van der Waals surface area contributed by atoms with Crippen molar-refractivity contribution < 1.29 is 9.18 Å². The Labute approximate surface area is 161 Å². The summed E-state index contributed by atoms with van der Waals surface area (Å²) in [5, 5.41) is 9.85. The fraction of sp³-hybridized carbons (Fsp3) is 0.0625. The summed E-state index contributed by atoms with van der Waals surface area (Å²) in [5.41, 5.74) is 0.242. The average Bonchev–Trinajstić information content (AvgIpc) is 2.92. The summed E-state index contributed by atoms with van der Waals surface area (Å²) in [7, 11) is 0. The van der Waals surface area contributed by atoms with E-state index < -0.39 is 11.5 Å². The van der Waals surface area contributed by atoms with Crippen molar-refractivity contribution in [1.29, 1.82) is 0 Å². The van der Waals surface area contributed by atoms with Crippen molar-refractivity contribution in [3.05, 3.63) is 68.8 Å². The van der Waals surface area contributed by atoms with Gasteiger partial charge < -0.3 is 5.32 Å². The normalized spacial score (nSPS) is 10.7. The van der Waals surface area contributed by atoms with E-state index in [0.29, 0.717) is 21.4 Å². The molecule has 1 heterocycles. The number of nitrogens with one attached hydrogen (secondary N) is 2. The lowest BCUT2D eigenvalue weighted by molar-refractivity contribution is -0.113. The Hall–Kier alpha value is -2.29. The molecule has 0 aliphatic carbocycles. The molecule has 134 valence electrons. The van der Waals surface area contributed by atoms with Crippen LogP contribution >= 0.6 is 35.0 Å². The van der Waals surface area contributed by atoms with Gasteiger partial charge in [-0.2, -0.15) is 0 Å². The number of H-pyrrole nitrogens is 1. The van der Waals surface area contributed by atoms with Crippen molar-refractivity contribution in [2.45, 2.75) is 5.16 Å². The zero-order valence-corrected chi connectivity index (χ0v) is 15.3. The minimum absolute atomic E-state index is 0.0241. The van der Waals surface area contributed by atoms with E-state index in [0.717, 1.165) is 11.8 Å². The van der Waals surface area contributed by atoms with E-state index in [4.69, 9.17) is 23.2 Å². The molecule has 2 aromatic carbocycles. The van der Waals surface area contributed by atoms with Gasteiger partial charge in [0.2, 0.25) is 5.91 Å². The standard InChI is InChI=1S/C16H11Cl2FN4O2S/c17-9-4-10(18)6-12(5-9)20-14(24)8-26-16-22-21-15(25)23(16)13-3-1-2-11(19)7-13/h1-7H,8H2,(H,20,24)(H,21,25). The van der Waals surface area contributed by atoms with Crippen molar-refractivity contribution in [1.82, 2.24) is 14.8 Å². The first kappa shape index (κ1) is 18.5. The Bertz CT molecular complexity index is 1000. The average molecular weight is 413 g/mol. The van der Waals surface area contributed by atoms with Crippen LogP contribution in [-0.4, -0.2) is 26.4 Å². The summed E-state index contributed by atoms with van der Waals surface area (Å²) in [4.78, 5) is 24.1. The smallest absolute Gasteiger partial charge is 0.325 e. The number of carbonyl (C=O) groups is 1. The van der Waals surface area contributed by atoms with Crippen LogP contribution in [0.15, 0.2) is 52.4 Å². The van der Waals surface area contributed by atoms with Crippen LogP contribution in [0.25, 0.3) is 5.69 Å². The van der Waals surface area contributed by atoms with Gasteiger partial charge in [0.1, 0.15) is 5.82 Å². The van der Waals surface area contributed by atoms with E-state index in [9.17, 15) is 14.0 Å². The molecule has 0 aliphatic rings. The fourth-order valence-electron chi connectivity index (χ4n) is 2.18. The second-order valence-electron chi connectivity index (χ2n) is 5.12. The molecule has 0 fully saturated rings. The highest BCUT2D eigenvalue weighted by Crippen LogP contribution is 2.23. The van der Waals surface area contributed by atoms with Gasteiger partial charge in [-0.15, -0.1) is 5.10 Å². The van der Waals surface area contributed by atoms with Gasteiger partial charge in [-0.3, -0.25) is 4.79 Å². The third kappa shape index (κ3) is 4.46. The number of amides is 1. The van der Waals surface area contributed by atoms with Crippen LogP contribution in [0.5, 0.6) is 0 Å². The Balaban J connectivity index is 1.72. The lowest BCUT2D eigenvalue weighted by atomic mass is 10.3. The number of hydrogen-bond donors (Lipinski definition) is 2. The van der Waals surface area contributed by atoms with Crippen molar-refractivity contribution in [2.75, 3.05) is 11.1 Å². The van der Waals surface area contributed by atoms with Crippen molar-refractivity contribution in [3.63, 3.8) is 0 Å². The number of nitrogens with zero attached hydrogens (tertiary/aromatic N) is 2. The molecule has 2 N–H and O–H groups in total. The molecule has 1 aromatic heterocycles. The topological polar surface area (TPSA) is 79.8 Å². The summed E-state index contributed by atoms with van der Waals surface area (Å²) in [6, 6.07) is 10.2. The predicted molar refractivity (Wildman–Crippen MR) is 100.0 cm³/mol. The molecular weight excluding hydrogens is 402 g/mol. The summed E-state index contributed by atoms with van der Waals surface area (Å²) in [5.74, 6) is -0.847. The Morgan fingerprint density at radius 1 is 1.23 bits per heavy atom. The molecular formula is C16H11Cl2FN4O2S. The second kappa shape index (κ2) is 7.94. The van der Waals surface area contributed by atoms with Gasteiger partial charge in [0.15, 0.2) is 5.16 Å². The first-order valence-electron chi connectivity index (χ1n) is 7.24. The molecule has 0 saturated heterocycles. The summed E-state index contributed by atoms with van der Waals surface area (Å²) < 4.78 is 14.6. The molecule has 6 nitrogen and oxygen atoms in total. The number of aromatic amines is 1. The molecule has 0 bridgehead atoms. The monoisotopic (exact) mass is 412 g/mol. The number of hydrogen-bond acceptors (Lipinski definition) is 4. The molecule has 1 amide bonds. The number of anilines is 1.